The van der Waals surface area contributed by atoms with Crippen molar-refractivity contribution in [1.29, 1.82) is 0 Å². The van der Waals surface area contributed by atoms with Gasteiger partial charge in [-0.3, -0.25) is 9.59 Å². The van der Waals surface area contributed by atoms with Gasteiger partial charge in [-0.1, -0.05) is 27.9 Å². The number of halogens is 1. The smallest absolute Gasteiger partial charge is 0.266 e. The monoisotopic (exact) mass is 325 g/mol. The van der Waals surface area contributed by atoms with Crippen LogP contribution < -0.4 is 4.90 Å². The summed E-state index contributed by atoms with van der Waals surface area (Å²) in [5.74, 6) is 1.83. The maximum absolute atomic E-state index is 12.4. The third kappa shape index (κ3) is 1.84. The first-order valence-electron chi connectivity index (χ1n) is 5.87. The third-order valence-electron chi connectivity index (χ3n) is 3.12. The summed E-state index contributed by atoms with van der Waals surface area (Å²) in [6.45, 7) is 0. The molecular weight excluding hydrogens is 318 g/mol. The molecule has 2 aromatic carbocycles. The first-order valence-corrected chi connectivity index (χ1v) is 6.66. The fraction of sp³-hybridized carbons (Fsp3) is 0. The fourth-order valence-electron chi connectivity index (χ4n) is 2.18. The van der Waals surface area contributed by atoms with E-state index >= 15 is 0 Å². The van der Waals surface area contributed by atoms with E-state index in [1.807, 2.05) is 0 Å². The molecule has 3 rings (SSSR count). The van der Waals surface area contributed by atoms with Crippen molar-refractivity contribution in [2.75, 3.05) is 4.90 Å². The second kappa shape index (κ2) is 4.62. The molecule has 2 amide bonds. The first-order chi connectivity index (χ1) is 9.61. The molecule has 0 unspecified atom stereocenters. The Morgan fingerprint density at radius 2 is 1.75 bits per heavy atom. The van der Waals surface area contributed by atoms with Crippen LogP contribution in [-0.4, -0.2) is 11.8 Å². The van der Waals surface area contributed by atoms with Gasteiger partial charge in [-0.25, -0.2) is 4.90 Å². The molecule has 0 atom stereocenters. The molecule has 1 aliphatic heterocycles. The highest BCUT2D eigenvalue weighted by Gasteiger charge is 2.36. The molecule has 0 N–H and O–H groups in total. The Hall–Kier alpha value is -2.38. The Labute approximate surface area is 124 Å². The number of anilines is 1. The standard InChI is InChI=1S/C16H8BrNO2/c1-2-10-4-3-5-12(8-10)18-15(19)13-7-6-11(17)9-14(13)16(18)20/h1,3-9H. The molecule has 0 aliphatic carbocycles. The van der Waals surface area contributed by atoms with Gasteiger partial charge in [0.25, 0.3) is 11.8 Å². The van der Waals surface area contributed by atoms with Gasteiger partial charge in [-0.05, 0) is 36.4 Å². The van der Waals surface area contributed by atoms with Gasteiger partial charge < -0.3 is 0 Å². The van der Waals surface area contributed by atoms with Gasteiger partial charge in [-0.2, -0.15) is 0 Å². The largest absolute Gasteiger partial charge is 0.268 e. The molecule has 1 heterocycles. The fourth-order valence-corrected chi connectivity index (χ4v) is 2.54. The normalized spacial score (nSPS) is 13.3. The summed E-state index contributed by atoms with van der Waals surface area (Å²) >= 11 is 3.30. The minimum absolute atomic E-state index is 0.327. The van der Waals surface area contributed by atoms with Crippen LogP contribution in [0.3, 0.4) is 0 Å². The molecule has 0 saturated heterocycles. The summed E-state index contributed by atoms with van der Waals surface area (Å²) in [5.41, 5.74) is 1.92. The highest BCUT2D eigenvalue weighted by molar-refractivity contribution is 9.10. The van der Waals surface area contributed by atoms with E-state index in [0.29, 0.717) is 22.4 Å². The summed E-state index contributed by atoms with van der Waals surface area (Å²) in [4.78, 5) is 25.9. The Bertz CT molecular complexity index is 789. The van der Waals surface area contributed by atoms with Gasteiger partial charge >= 0.3 is 0 Å². The number of carbonyl (C=O) groups excluding carboxylic acids is 2. The Morgan fingerprint density at radius 1 is 1.00 bits per heavy atom. The van der Waals surface area contributed by atoms with Crippen molar-refractivity contribution in [1.82, 2.24) is 0 Å². The molecule has 2 aromatic rings. The molecule has 1 aliphatic rings. The number of rotatable bonds is 1. The molecular formula is C16H8BrNO2. The van der Waals surface area contributed by atoms with Crippen molar-refractivity contribution in [3.05, 3.63) is 63.6 Å². The lowest BCUT2D eigenvalue weighted by Gasteiger charge is -2.13. The van der Waals surface area contributed by atoms with Gasteiger partial charge in [0.2, 0.25) is 0 Å². The van der Waals surface area contributed by atoms with E-state index < -0.39 is 0 Å². The van der Waals surface area contributed by atoms with Crippen LogP contribution >= 0.6 is 15.9 Å². The molecule has 0 bridgehead atoms. The number of nitrogens with zero attached hydrogens (tertiary/aromatic N) is 1. The van der Waals surface area contributed by atoms with E-state index in [9.17, 15) is 9.59 Å². The summed E-state index contributed by atoms with van der Waals surface area (Å²) in [6.07, 6.45) is 5.35. The SMILES string of the molecule is C#Cc1cccc(N2C(=O)c3ccc(Br)cc3C2=O)c1. The zero-order valence-electron chi connectivity index (χ0n) is 10.3. The molecule has 0 radical (unpaired) electrons. The van der Waals surface area contributed by atoms with Crippen molar-refractivity contribution >= 4 is 33.4 Å². The van der Waals surface area contributed by atoms with Crippen molar-refractivity contribution in [2.24, 2.45) is 0 Å². The van der Waals surface area contributed by atoms with Crippen LogP contribution in [0.15, 0.2) is 46.9 Å². The summed E-state index contributed by atoms with van der Waals surface area (Å²) < 4.78 is 0.761. The van der Waals surface area contributed by atoms with E-state index in [1.54, 1.807) is 42.5 Å². The van der Waals surface area contributed by atoms with E-state index in [2.05, 4.69) is 21.9 Å². The molecule has 0 spiro atoms. The van der Waals surface area contributed by atoms with Crippen molar-refractivity contribution in [2.45, 2.75) is 0 Å². The molecule has 0 fully saturated rings. The van der Waals surface area contributed by atoms with Crippen LogP contribution in [0.25, 0.3) is 0 Å². The molecule has 0 saturated carbocycles. The van der Waals surface area contributed by atoms with Gasteiger partial charge in [0.05, 0.1) is 16.8 Å². The number of imide groups is 1. The number of hydrogen-bond donors (Lipinski definition) is 0. The predicted octanol–water partition coefficient (Wildman–Crippen LogP) is 3.23. The number of amides is 2. The quantitative estimate of drug-likeness (QED) is 0.596. The number of fused-ring (bicyclic) bond motifs is 1. The van der Waals surface area contributed by atoms with Crippen molar-refractivity contribution in [3.8, 4) is 12.3 Å². The predicted molar refractivity (Wildman–Crippen MR) is 79.7 cm³/mol. The lowest BCUT2D eigenvalue weighted by molar-refractivity contribution is 0.0926. The number of terminal acetylenes is 1. The zero-order valence-corrected chi connectivity index (χ0v) is 11.8. The molecule has 0 aromatic heterocycles. The molecule has 96 valence electrons. The number of hydrogen-bond acceptors (Lipinski definition) is 2. The number of benzene rings is 2. The van der Waals surface area contributed by atoms with Gasteiger partial charge in [0.15, 0.2) is 0 Å². The van der Waals surface area contributed by atoms with Gasteiger partial charge in [0, 0.05) is 10.0 Å². The van der Waals surface area contributed by atoms with Crippen molar-refractivity contribution in [3.63, 3.8) is 0 Å². The Balaban J connectivity index is 2.12. The molecule has 4 heteroatoms. The van der Waals surface area contributed by atoms with Gasteiger partial charge in [-0.15, -0.1) is 6.42 Å². The van der Waals surface area contributed by atoms with Crippen LogP contribution in [0.1, 0.15) is 26.3 Å². The van der Waals surface area contributed by atoms with Crippen LogP contribution in [0.5, 0.6) is 0 Å². The highest BCUT2D eigenvalue weighted by Crippen LogP contribution is 2.30. The van der Waals surface area contributed by atoms with Gasteiger partial charge in [0.1, 0.15) is 0 Å². The summed E-state index contributed by atoms with van der Waals surface area (Å²) in [6, 6.07) is 11.9. The minimum atomic E-state index is -0.333. The molecule has 20 heavy (non-hydrogen) atoms. The van der Waals surface area contributed by atoms with Crippen LogP contribution in [0.2, 0.25) is 0 Å². The Morgan fingerprint density at radius 3 is 2.50 bits per heavy atom. The second-order valence-corrected chi connectivity index (χ2v) is 5.25. The average Bonchev–Trinajstić information content (AvgIpc) is 2.70. The number of carbonyl (C=O) groups is 2. The van der Waals surface area contributed by atoms with E-state index in [-0.39, 0.29) is 11.8 Å². The van der Waals surface area contributed by atoms with E-state index in [1.165, 1.54) is 0 Å². The maximum Gasteiger partial charge on any atom is 0.266 e. The maximum atomic E-state index is 12.4. The zero-order chi connectivity index (χ0) is 14.3. The van der Waals surface area contributed by atoms with Crippen LogP contribution in [-0.2, 0) is 0 Å². The van der Waals surface area contributed by atoms with E-state index in [0.717, 1.165) is 9.37 Å². The molecule has 3 nitrogen and oxygen atoms in total. The topological polar surface area (TPSA) is 37.4 Å². The second-order valence-electron chi connectivity index (χ2n) is 4.33. The summed E-state index contributed by atoms with van der Waals surface area (Å²) in [7, 11) is 0. The van der Waals surface area contributed by atoms with E-state index in [4.69, 9.17) is 6.42 Å². The lowest BCUT2D eigenvalue weighted by Crippen LogP contribution is -2.29. The first kappa shape index (κ1) is 12.6. The van der Waals surface area contributed by atoms with Crippen molar-refractivity contribution < 1.29 is 9.59 Å². The minimum Gasteiger partial charge on any atom is -0.268 e. The third-order valence-corrected chi connectivity index (χ3v) is 3.61. The lowest BCUT2D eigenvalue weighted by atomic mass is 10.1. The Kier molecular flexibility index (Phi) is 2.92. The highest BCUT2D eigenvalue weighted by atomic mass is 79.9. The van der Waals surface area contributed by atoms with Crippen LogP contribution in [0, 0.1) is 12.3 Å². The average molecular weight is 326 g/mol. The van der Waals surface area contributed by atoms with Crippen LogP contribution in [0.4, 0.5) is 5.69 Å². The summed E-state index contributed by atoms with van der Waals surface area (Å²) in [5, 5.41) is 0.